The van der Waals surface area contributed by atoms with Crippen LogP contribution in [0.3, 0.4) is 0 Å². The minimum absolute atomic E-state index is 0.107. The van der Waals surface area contributed by atoms with E-state index in [1.807, 2.05) is 0 Å². The summed E-state index contributed by atoms with van der Waals surface area (Å²) in [7, 11) is -2.31. The van der Waals surface area contributed by atoms with Crippen molar-refractivity contribution in [2.75, 3.05) is 13.7 Å². The Balaban J connectivity index is 2.08. The maximum atomic E-state index is 13.0. The number of carboxylic acid groups (broad SMARTS) is 1. The molecule has 0 saturated heterocycles. The first-order valence-corrected chi connectivity index (χ1v) is 9.30. The first-order valence-electron chi connectivity index (χ1n) is 7.76. The summed E-state index contributed by atoms with van der Waals surface area (Å²) in [5.41, 5.74) is 4.85. The van der Waals surface area contributed by atoms with Crippen LogP contribution in [0.2, 0.25) is 0 Å². The van der Waals surface area contributed by atoms with Crippen molar-refractivity contribution in [3.63, 3.8) is 0 Å². The van der Waals surface area contributed by atoms with Gasteiger partial charge in [-0.05, 0) is 29.8 Å². The Bertz CT molecular complexity index is 879. The lowest BCUT2D eigenvalue weighted by atomic mass is 9.99. The Kier molecular flexibility index (Phi) is 4.30. The molecular weight excluding hydrogens is 342 g/mol. The third-order valence-electron chi connectivity index (χ3n) is 4.87. The maximum Gasteiger partial charge on any atom is 0.312 e. The predicted molar refractivity (Wildman–Crippen MR) is 92.3 cm³/mol. The van der Waals surface area contributed by atoms with Crippen LogP contribution < -0.4 is 10.5 Å². The van der Waals surface area contributed by atoms with Crippen molar-refractivity contribution in [1.82, 2.24) is 0 Å². The largest absolute Gasteiger partial charge is 0.497 e. The van der Waals surface area contributed by atoms with E-state index in [9.17, 15) is 18.3 Å². The van der Waals surface area contributed by atoms with Crippen molar-refractivity contribution in [3.8, 4) is 5.75 Å². The van der Waals surface area contributed by atoms with Crippen LogP contribution in [0.1, 0.15) is 11.5 Å². The van der Waals surface area contributed by atoms with E-state index < -0.39 is 32.4 Å². The highest BCUT2D eigenvalue weighted by Crippen LogP contribution is 2.63. The number of aliphatic carboxylic acids is 1. The van der Waals surface area contributed by atoms with Gasteiger partial charge in [-0.1, -0.05) is 30.3 Å². The second-order valence-corrected chi connectivity index (χ2v) is 8.15. The number of sulfone groups is 1. The summed E-state index contributed by atoms with van der Waals surface area (Å²) in [4.78, 5) is 12.0. The minimum Gasteiger partial charge on any atom is -0.497 e. The molecule has 7 heteroatoms. The van der Waals surface area contributed by atoms with Crippen LogP contribution in [0.4, 0.5) is 0 Å². The van der Waals surface area contributed by atoms with E-state index >= 15 is 0 Å². The molecule has 0 bridgehead atoms. The zero-order chi connectivity index (χ0) is 18.2. The van der Waals surface area contributed by atoms with Gasteiger partial charge in [0.25, 0.3) is 0 Å². The van der Waals surface area contributed by atoms with Gasteiger partial charge in [-0.25, -0.2) is 8.42 Å². The number of hydrogen-bond donors (Lipinski definition) is 2. The molecule has 3 rings (SSSR count). The zero-order valence-corrected chi connectivity index (χ0v) is 14.4. The highest BCUT2D eigenvalue weighted by molar-refractivity contribution is 7.92. The van der Waals surface area contributed by atoms with E-state index in [0.29, 0.717) is 11.3 Å². The van der Waals surface area contributed by atoms with Gasteiger partial charge in [0.2, 0.25) is 0 Å². The molecule has 0 spiro atoms. The lowest BCUT2D eigenvalue weighted by Gasteiger charge is -2.10. The fraction of sp³-hybridized carbons (Fsp3) is 0.278. The summed E-state index contributed by atoms with van der Waals surface area (Å²) in [5, 5.41) is 8.65. The fourth-order valence-electron chi connectivity index (χ4n) is 3.49. The van der Waals surface area contributed by atoms with Crippen molar-refractivity contribution in [2.24, 2.45) is 11.1 Å². The van der Waals surface area contributed by atoms with Gasteiger partial charge in [0.15, 0.2) is 9.84 Å². The van der Waals surface area contributed by atoms with Gasteiger partial charge in [-0.3, -0.25) is 4.79 Å². The molecule has 3 atom stereocenters. The van der Waals surface area contributed by atoms with Gasteiger partial charge in [0, 0.05) is 12.5 Å². The molecule has 2 aromatic rings. The molecule has 0 aliphatic heterocycles. The molecule has 0 amide bonds. The molecule has 1 saturated carbocycles. The highest BCUT2D eigenvalue weighted by atomic mass is 32.2. The van der Waals surface area contributed by atoms with Crippen LogP contribution in [0.5, 0.6) is 5.75 Å². The summed E-state index contributed by atoms with van der Waals surface area (Å²) in [6, 6.07) is 14.6. The van der Waals surface area contributed by atoms with Gasteiger partial charge in [0.1, 0.15) is 11.2 Å². The van der Waals surface area contributed by atoms with Crippen LogP contribution in [-0.4, -0.2) is 38.4 Å². The number of nitrogens with two attached hydrogens (primary N) is 1. The topological polar surface area (TPSA) is 107 Å². The van der Waals surface area contributed by atoms with E-state index in [1.165, 1.54) is 19.2 Å². The Morgan fingerprint density at radius 1 is 1.16 bits per heavy atom. The van der Waals surface area contributed by atoms with Crippen molar-refractivity contribution in [1.29, 1.82) is 0 Å². The Morgan fingerprint density at radius 2 is 1.76 bits per heavy atom. The first-order chi connectivity index (χ1) is 11.9. The second kappa shape index (κ2) is 6.16. The van der Waals surface area contributed by atoms with Crippen molar-refractivity contribution in [2.45, 2.75) is 16.1 Å². The fourth-order valence-corrected chi connectivity index (χ4v) is 5.89. The summed E-state index contributed by atoms with van der Waals surface area (Å²) in [5.74, 6) is -1.29. The third kappa shape index (κ3) is 2.60. The normalized spacial score (nSPS) is 25.4. The van der Waals surface area contributed by atoms with E-state index in [2.05, 4.69) is 0 Å². The summed E-state index contributed by atoms with van der Waals surface area (Å²) >= 11 is 0. The first kappa shape index (κ1) is 17.4. The Morgan fingerprint density at radius 3 is 2.24 bits per heavy atom. The summed E-state index contributed by atoms with van der Waals surface area (Å²) < 4.78 is 31.2. The molecule has 0 unspecified atom stereocenters. The Hall–Kier alpha value is -2.38. The van der Waals surface area contributed by atoms with Gasteiger partial charge >= 0.3 is 5.97 Å². The zero-order valence-electron chi connectivity index (χ0n) is 13.6. The van der Waals surface area contributed by atoms with E-state index in [1.54, 1.807) is 42.5 Å². The van der Waals surface area contributed by atoms with Crippen LogP contribution >= 0.6 is 0 Å². The molecule has 1 aliphatic rings. The number of ether oxygens (including phenoxy) is 1. The van der Waals surface area contributed by atoms with Gasteiger partial charge in [0.05, 0.1) is 17.3 Å². The third-order valence-corrected chi connectivity index (χ3v) is 7.16. The van der Waals surface area contributed by atoms with Gasteiger partial charge in [-0.2, -0.15) is 0 Å². The second-order valence-electron chi connectivity index (χ2n) is 6.08. The van der Waals surface area contributed by atoms with Crippen LogP contribution in [-0.2, 0) is 14.6 Å². The van der Waals surface area contributed by atoms with Gasteiger partial charge < -0.3 is 15.6 Å². The smallest absolute Gasteiger partial charge is 0.312 e. The van der Waals surface area contributed by atoms with Crippen LogP contribution in [0.15, 0.2) is 59.5 Å². The van der Waals surface area contributed by atoms with E-state index in [-0.39, 0.29) is 11.4 Å². The lowest BCUT2D eigenvalue weighted by Crippen LogP contribution is -2.31. The molecule has 0 radical (unpaired) electrons. The number of methoxy groups -OCH3 is 1. The molecule has 2 aromatic carbocycles. The average Bonchev–Trinajstić information content (AvgIpc) is 3.34. The molecule has 6 nitrogen and oxygen atoms in total. The number of hydrogen-bond acceptors (Lipinski definition) is 5. The Labute approximate surface area is 146 Å². The van der Waals surface area contributed by atoms with Crippen molar-refractivity contribution >= 4 is 15.8 Å². The average molecular weight is 361 g/mol. The maximum absolute atomic E-state index is 13.0. The molecule has 1 fully saturated rings. The molecule has 3 N–H and O–H groups in total. The van der Waals surface area contributed by atoms with Crippen molar-refractivity contribution in [3.05, 3.63) is 60.2 Å². The molecule has 25 heavy (non-hydrogen) atoms. The molecule has 132 valence electrons. The standard InChI is InChI=1S/C18H19NO5S/c1-24-13-9-7-12(8-10-13)15-16(18(15,11-19)17(20)21)25(22,23)14-5-3-2-4-6-14/h2-10,15-16H,11,19H2,1H3,(H,20,21)/t15-,16-,18+/m1/s1. The molecule has 1 aliphatic carbocycles. The van der Waals surface area contributed by atoms with E-state index in [0.717, 1.165) is 0 Å². The van der Waals surface area contributed by atoms with Crippen molar-refractivity contribution < 1.29 is 23.1 Å². The van der Waals surface area contributed by atoms with Crippen LogP contribution in [0.25, 0.3) is 0 Å². The number of carboxylic acids is 1. The highest BCUT2D eigenvalue weighted by Gasteiger charge is 2.75. The van der Waals surface area contributed by atoms with Crippen LogP contribution in [0, 0.1) is 5.41 Å². The SMILES string of the molecule is COc1ccc([C@@H]2[C@@H](S(=O)(=O)c3ccccc3)[C@@]2(CN)C(=O)O)cc1. The number of benzene rings is 2. The number of rotatable bonds is 6. The molecule has 0 aromatic heterocycles. The van der Waals surface area contributed by atoms with Gasteiger partial charge in [-0.15, -0.1) is 0 Å². The lowest BCUT2D eigenvalue weighted by molar-refractivity contribution is -0.143. The number of carbonyl (C=O) groups is 1. The predicted octanol–water partition coefficient (Wildman–Crippen LogP) is 1.66. The molecule has 0 heterocycles. The minimum atomic E-state index is -3.84. The summed E-state index contributed by atoms with van der Waals surface area (Å²) in [6.07, 6.45) is 0. The summed E-state index contributed by atoms with van der Waals surface area (Å²) in [6.45, 7) is -0.254. The molecular formula is C18H19NO5S. The monoisotopic (exact) mass is 361 g/mol. The quantitative estimate of drug-likeness (QED) is 0.810. The van der Waals surface area contributed by atoms with E-state index in [4.69, 9.17) is 10.5 Å².